The van der Waals surface area contributed by atoms with Gasteiger partial charge in [-0.1, -0.05) is 0 Å². The molecule has 17 heavy (non-hydrogen) atoms. The molecule has 5 atom stereocenters. The van der Waals surface area contributed by atoms with E-state index in [1.54, 1.807) is 0 Å². The Morgan fingerprint density at radius 2 is 2.12 bits per heavy atom. The van der Waals surface area contributed by atoms with Gasteiger partial charge in [0.05, 0.1) is 12.2 Å². The van der Waals surface area contributed by atoms with Crippen molar-refractivity contribution in [2.24, 2.45) is 17.8 Å². The Bertz CT molecular complexity index is 336. The lowest BCUT2D eigenvalue weighted by molar-refractivity contribution is 0.0513. The molecule has 0 radical (unpaired) electrons. The van der Waals surface area contributed by atoms with Gasteiger partial charge in [-0.05, 0) is 51.4 Å². The van der Waals surface area contributed by atoms with Gasteiger partial charge in [-0.2, -0.15) is 0 Å². The van der Waals surface area contributed by atoms with Crippen LogP contribution in [0.3, 0.4) is 0 Å². The normalized spacial score (nSPS) is 42.2. The predicted octanol–water partition coefficient (Wildman–Crippen LogP) is 1.93. The first-order chi connectivity index (χ1) is 7.94. The molecule has 2 bridgehead atoms. The molecule has 2 unspecified atom stereocenters. The molecule has 3 rings (SSSR count). The maximum absolute atomic E-state index is 11.5. The minimum absolute atomic E-state index is 0.298. The highest BCUT2D eigenvalue weighted by Gasteiger charge is 2.62. The van der Waals surface area contributed by atoms with Crippen LogP contribution >= 0.6 is 0 Å². The van der Waals surface area contributed by atoms with E-state index >= 15 is 0 Å². The Morgan fingerprint density at radius 1 is 1.35 bits per heavy atom. The number of carbonyl (C=O) groups excluding carboxylic acids is 1. The number of amides is 1. The summed E-state index contributed by atoms with van der Waals surface area (Å²) in [6.07, 6.45) is 3.29. The summed E-state index contributed by atoms with van der Waals surface area (Å²) in [5.41, 5.74) is -0.413. The summed E-state index contributed by atoms with van der Waals surface area (Å²) in [7, 11) is 0. The van der Waals surface area contributed by atoms with Gasteiger partial charge >= 0.3 is 6.09 Å². The fourth-order valence-electron chi connectivity index (χ4n) is 3.50. The van der Waals surface area contributed by atoms with Crippen LogP contribution in [0.25, 0.3) is 0 Å². The van der Waals surface area contributed by atoms with Crippen LogP contribution in [0.1, 0.15) is 33.6 Å². The molecule has 1 N–H and O–H groups in total. The number of nitrogens with one attached hydrogen (secondary N) is 1. The van der Waals surface area contributed by atoms with Crippen LogP contribution in [-0.4, -0.2) is 30.4 Å². The Kier molecular flexibility index (Phi) is 2.41. The third kappa shape index (κ3) is 2.15. The summed E-state index contributed by atoms with van der Waals surface area (Å²) in [6, 6.07) is 0. The monoisotopic (exact) mass is 239 g/mol. The quantitative estimate of drug-likeness (QED) is 0.749. The van der Waals surface area contributed by atoms with Crippen LogP contribution in [0.5, 0.6) is 0 Å². The Morgan fingerprint density at radius 3 is 2.71 bits per heavy atom. The maximum atomic E-state index is 11.5. The number of ether oxygens (including phenoxy) is 2. The summed E-state index contributed by atoms with van der Waals surface area (Å²) in [4.78, 5) is 11.5. The zero-order valence-corrected chi connectivity index (χ0v) is 10.7. The number of rotatable bonds is 2. The molecule has 4 nitrogen and oxygen atoms in total. The van der Waals surface area contributed by atoms with Gasteiger partial charge in [0.15, 0.2) is 0 Å². The van der Waals surface area contributed by atoms with E-state index in [2.05, 4.69) is 5.32 Å². The highest BCUT2D eigenvalue weighted by atomic mass is 16.6. The van der Waals surface area contributed by atoms with Crippen LogP contribution in [0, 0.1) is 17.8 Å². The maximum Gasteiger partial charge on any atom is 0.407 e. The van der Waals surface area contributed by atoms with Crippen molar-refractivity contribution >= 4 is 6.09 Å². The lowest BCUT2D eigenvalue weighted by atomic mass is 9.89. The lowest BCUT2D eigenvalue weighted by Gasteiger charge is -2.23. The Balaban J connectivity index is 1.45. The number of hydrogen-bond acceptors (Lipinski definition) is 3. The first-order valence-electron chi connectivity index (χ1n) is 6.56. The highest BCUT2D eigenvalue weighted by molar-refractivity contribution is 5.67. The van der Waals surface area contributed by atoms with Gasteiger partial charge < -0.3 is 14.8 Å². The first-order valence-corrected chi connectivity index (χ1v) is 6.56. The number of carbonyl (C=O) groups is 1. The average Bonchev–Trinajstić information content (AvgIpc) is 2.80. The molecule has 3 aliphatic rings. The molecule has 1 saturated heterocycles. The van der Waals surface area contributed by atoms with E-state index in [0.717, 1.165) is 12.5 Å². The second-order valence-corrected chi connectivity index (χ2v) is 6.60. The van der Waals surface area contributed by atoms with E-state index in [0.29, 0.717) is 24.0 Å². The molecule has 4 heteroatoms. The molecule has 1 heterocycles. The van der Waals surface area contributed by atoms with Crippen molar-refractivity contribution in [3.05, 3.63) is 0 Å². The summed E-state index contributed by atoms with van der Waals surface area (Å²) in [6.45, 7) is 6.38. The number of fused-ring (bicyclic) bond motifs is 5. The van der Waals surface area contributed by atoms with E-state index in [1.165, 1.54) is 12.8 Å². The summed E-state index contributed by atoms with van der Waals surface area (Å²) < 4.78 is 10.8. The Hall–Kier alpha value is -0.770. The van der Waals surface area contributed by atoms with Crippen molar-refractivity contribution in [1.29, 1.82) is 0 Å². The fraction of sp³-hybridized carbons (Fsp3) is 0.923. The second-order valence-electron chi connectivity index (χ2n) is 6.60. The number of epoxide rings is 1. The second kappa shape index (κ2) is 3.61. The third-order valence-corrected chi connectivity index (χ3v) is 4.14. The molecule has 2 aliphatic carbocycles. The van der Waals surface area contributed by atoms with Crippen molar-refractivity contribution in [2.45, 2.75) is 51.4 Å². The van der Waals surface area contributed by atoms with Gasteiger partial charge in [-0.15, -0.1) is 0 Å². The van der Waals surface area contributed by atoms with Crippen LogP contribution in [0.15, 0.2) is 0 Å². The third-order valence-electron chi connectivity index (χ3n) is 4.14. The lowest BCUT2D eigenvalue weighted by Crippen LogP contribution is -2.37. The van der Waals surface area contributed by atoms with Gasteiger partial charge in [0, 0.05) is 6.54 Å². The van der Waals surface area contributed by atoms with E-state index in [-0.39, 0.29) is 6.09 Å². The van der Waals surface area contributed by atoms with Gasteiger partial charge in [-0.25, -0.2) is 4.79 Å². The van der Waals surface area contributed by atoms with Crippen LogP contribution in [0.4, 0.5) is 4.79 Å². The van der Waals surface area contributed by atoms with Crippen molar-refractivity contribution in [1.82, 2.24) is 5.32 Å². The summed E-state index contributed by atoms with van der Waals surface area (Å²) in [5.74, 6) is 2.03. The molecular weight excluding hydrogens is 218 g/mol. The zero-order chi connectivity index (χ0) is 12.2. The van der Waals surface area contributed by atoms with Crippen molar-refractivity contribution in [3.63, 3.8) is 0 Å². The molecule has 0 aromatic rings. The number of hydrogen-bond donors (Lipinski definition) is 1. The van der Waals surface area contributed by atoms with Crippen molar-refractivity contribution in [3.8, 4) is 0 Å². The van der Waals surface area contributed by atoms with Gasteiger partial charge in [0.1, 0.15) is 5.60 Å². The van der Waals surface area contributed by atoms with Crippen LogP contribution < -0.4 is 5.32 Å². The zero-order valence-electron chi connectivity index (χ0n) is 10.7. The topological polar surface area (TPSA) is 50.9 Å². The smallest absolute Gasteiger partial charge is 0.407 e. The van der Waals surface area contributed by atoms with Gasteiger partial charge in [0.25, 0.3) is 0 Å². The molecule has 2 saturated carbocycles. The summed E-state index contributed by atoms with van der Waals surface area (Å²) >= 11 is 0. The molecule has 0 aromatic carbocycles. The fourth-order valence-corrected chi connectivity index (χ4v) is 3.50. The molecule has 0 spiro atoms. The molecule has 96 valence electrons. The van der Waals surface area contributed by atoms with Crippen molar-refractivity contribution < 1.29 is 14.3 Å². The van der Waals surface area contributed by atoms with E-state index < -0.39 is 5.60 Å². The SMILES string of the molecule is CC(C)(C)OC(=O)NC[C@H]1C[C@H]2C[C@@H]1C1OC12. The molecule has 1 amide bonds. The van der Waals surface area contributed by atoms with E-state index in [9.17, 15) is 4.79 Å². The molecular formula is C13H21NO3. The van der Waals surface area contributed by atoms with Crippen LogP contribution in [0.2, 0.25) is 0 Å². The standard InChI is InChI=1S/C13H21NO3/c1-13(2,3)17-12(15)14-6-8-4-7-5-9(8)11-10(7)16-11/h7-11H,4-6H2,1-3H3,(H,14,15)/t7-,8+,9-,10?,11?/m0/s1. The van der Waals surface area contributed by atoms with Crippen LogP contribution in [-0.2, 0) is 9.47 Å². The molecule has 0 aromatic heterocycles. The summed E-state index contributed by atoms with van der Waals surface area (Å²) in [5, 5.41) is 2.89. The highest BCUT2D eigenvalue weighted by Crippen LogP contribution is 2.58. The average molecular weight is 239 g/mol. The largest absolute Gasteiger partial charge is 0.444 e. The van der Waals surface area contributed by atoms with E-state index in [4.69, 9.17) is 9.47 Å². The minimum atomic E-state index is -0.413. The molecule has 1 aliphatic heterocycles. The van der Waals surface area contributed by atoms with Gasteiger partial charge in [-0.3, -0.25) is 0 Å². The Labute approximate surface area is 102 Å². The molecule has 3 fully saturated rings. The predicted molar refractivity (Wildman–Crippen MR) is 62.6 cm³/mol. The minimum Gasteiger partial charge on any atom is -0.444 e. The van der Waals surface area contributed by atoms with Gasteiger partial charge in [0.2, 0.25) is 0 Å². The van der Waals surface area contributed by atoms with Crippen molar-refractivity contribution in [2.75, 3.05) is 6.54 Å². The van der Waals surface area contributed by atoms with E-state index in [1.807, 2.05) is 20.8 Å². The first kappa shape index (κ1) is 11.3. The number of alkyl carbamates (subject to hydrolysis) is 1.